The van der Waals surface area contributed by atoms with Gasteiger partial charge in [-0.15, -0.1) is 0 Å². The molecule has 1 heterocycles. The number of rotatable bonds is 6. The van der Waals surface area contributed by atoms with Crippen molar-refractivity contribution >= 4 is 0 Å². The summed E-state index contributed by atoms with van der Waals surface area (Å²) >= 11 is 0. The molecule has 0 amide bonds. The molecule has 1 aliphatic carbocycles. The third kappa shape index (κ3) is 3.25. The molecule has 18 heavy (non-hydrogen) atoms. The molecule has 3 atom stereocenters. The van der Waals surface area contributed by atoms with Crippen LogP contribution in [0.3, 0.4) is 0 Å². The van der Waals surface area contributed by atoms with Crippen molar-refractivity contribution in [3.05, 3.63) is 0 Å². The largest absolute Gasteiger partial charge is 0.385 e. The van der Waals surface area contributed by atoms with E-state index in [9.17, 15) is 0 Å². The quantitative estimate of drug-likeness (QED) is 0.787. The molecule has 1 saturated carbocycles. The predicted molar refractivity (Wildman–Crippen MR) is 75.9 cm³/mol. The Morgan fingerprint density at radius 1 is 1.44 bits per heavy atom. The van der Waals surface area contributed by atoms with Crippen LogP contribution in [0.5, 0.6) is 0 Å². The van der Waals surface area contributed by atoms with Gasteiger partial charge in [-0.3, -0.25) is 4.90 Å². The lowest BCUT2D eigenvalue weighted by molar-refractivity contribution is 0.0291. The maximum atomic E-state index is 5.25. The Morgan fingerprint density at radius 2 is 2.17 bits per heavy atom. The number of methoxy groups -OCH3 is 1. The fourth-order valence-electron chi connectivity index (χ4n) is 3.14. The van der Waals surface area contributed by atoms with E-state index >= 15 is 0 Å². The number of nitrogens with zero attached hydrogens (tertiary/aromatic N) is 1. The Labute approximate surface area is 112 Å². The molecule has 0 radical (unpaired) electrons. The van der Waals surface area contributed by atoms with E-state index in [-0.39, 0.29) is 0 Å². The Kier molecular flexibility index (Phi) is 4.68. The number of hydrogen-bond acceptors (Lipinski definition) is 3. The average Bonchev–Trinajstić information content (AvgIpc) is 3.20. The fourth-order valence-corrected chi connectivity index (χ4v) is 3.14. The summed E-state index contributed by atoms with van der Waals surface area (Å²) in [4.78, 5) is 2.76. The zero-order valence-electron chi connectivity index (χ0n) is 12.5. The van der Waals surface area contributed by atoms with E-state index in [0.29, 0.717) is 11.6 Å². The maximum Gasteiger partial charge on any atom is 0.0477 e. The van der Waals surface area contributed by atoms with Crippen LogP contribution in [0.25, 0.3) is 0 Å². The highest BCUT2D eigenvalue weighted by Crippen LogP contribution is 2.38. The molecule has 3 heteroatoms. The van der Waals surface area contributed by atoms with E-state index in [0.717, 1.165) is 25.0 Å². The number of ether oxygens (including phenoxy) is 1. The van der Waals surface area contributed by atoms with Gasteiger partial charge in [-0.2, -0.15) is 0 Å². The van der Waals surface area contributed by atoms with E-state index < -0.39 is 0 Å². The summed E-state index contributed by atoms with van der Waals surface area (Å²) in [5, 5.41) is 3.78. The van der Waals surface area contributed by atoms with Gasteiger partial charge in [-0.25, -0.2) is 0 Å². The van der Waals surface area contributed by atoms with Crippen molar-refractivity contribution in [1.29, 1.82) is 0 Å². The molecule has 0 aromatic heterocycles. The second kappa shape index (κ2) is 5.89. The van der Waals surface area contributed by atoms with Crippen LogP contribution in [0.1, 0.15) is 46.5 Å². The monoisotopic (exact) mass is 254 g/mol. The highest BCUT2D eigenvalue weighted by molar-refractivity contribution is 5.01. The van der Waals surface area contributed by atoms with E-state index in [1.54, 1.807) is 7.11 Å². The van der Waals surface area contributed by atoms with Crippen LogP contribution < -0.4 is 5.32 Å². The van der Waals surface area contributed by atoms with Gasteiger partial charge in [0.25, 0.3) is 0 Å². The Bertz CT molecular complexity index is 267. The number of nitrogens with one attached hydrogen (secondary N) is 1. The summed E-state index contributed by atoms with van der Waals surface area (Å²) < 4.78 is 5.25. The van der Waals surface area contributed by atoms with E-state index in [1.807, 2.05) is 0 Å². The first-order valence-corrected chi connectivity index (χ1v) is 7.59. The molecule has 0 aromatic rings. The molecule has 1 N–H and O–H groups in total. The zero-order chi connectivity index (χ0) is 13.2. The first-order chi connectivity index (χ1) is 8.59. The minimum Gasteiger partial charge on any atom is -0.385 e. The molecule has 0 spiro atoms. The lowest BCUT2D eigenvalue weighted by Gasteiger charge is -2.49. The Morgan fingerprint density at radius 3 is 2.72 bits per heavy atom. The highest BCUT2D eigenvalue weighted by atomic mass is 16.5. The van der Waals surface area contributed by atoms with E-state index in [2.05, 4.69) is 31.0 Å². The van der Waals surface area contributed by atoms with Gasteiger partial charge >= 0.3 is 0 Å². The lowest BCUT2D eigenvalue weighted by Crippen LogP contribution is -2.65. The van der Waals surface area contributed by atoms with Crippen LogP contribution in [-0.2, 0) is 4.74 Å². The summed E-state index contributed by atoms with van der Waals surface area (Å²) in [5.41, 5.74) is 0.298. The minimum absolute atomic E-state index is 0.298. The molecule has 3 unspecified atom stereocenters. The van der Waals surface area contributed by atoms with Gasteiger partial charge in [0.15, 0.2) is 0 Å². The van der Waals surface area contributed by atoms with Crippen LogP contribution >= 0.6 is 0 Å². The van der Waals surface area contributed by atoms with Gasteiger partial charge in [0, 0.05) is 44.4 Å². The zero-order valence-corrected chi connectivity index (χ0v) is 12.5. The average molecular weight is 254 g/mol. The second-order valence-electron chi connectivity index (χ2n) is 6.50. The molecule has 1 aliphatic heterocycles. The predicted octanol–water partition coefficient (Wildman–Crippen LogP) is 2.26. The third-order valence-electron chi connectivity index (χ3n) is 4.95. The van der Waals surface area contributed by atoms with Crippen molar-refractivity contribution in [1.82, 2.24) is 10.2 Å². The van der Waals surface area contributed by atoms with Crippen molar-refractivity contribution in [2.45, 2.75) is 64.1 Å². The minimum atomic E-state index is 0.298. The van der Waals surface area contributed by atoms with Crippen LogP contribution in [0, 0.1) is 5.92 Å². The normalized spacial score (nSPS) is 35.7. The van der Waals surface area contributed by atoms with E-state index in [4.69, 9.17) is 4.74 Å². The SMILES string of the molecule is CCC1(C)CN(C(C)CCOC)C(C2CC2)CN1. The Hall–Kier alpha value is -0.120. The van der Waals surface area contributed by atoms with Gasteiger partial charge in [0.1, 0.15) is 0 Å². The standard InChI is InChI=1S/C15H30N2O/c1-5-15(3)11-17(12(2)8-9-18-4)14(10-16-15)13-6-7-13/h12-14,16H,5-11H2,1-4H3. The summed E-state index contributed by atoms with van der Waals surface area (Å²) in [7, 11) is 1.80. The molecule has 2 aliphatic rings. The third-order valence-corrected chi connectivity index (χ3v) is 4.95. The summed E-state index contributed by atoms with van der Waals surface area (Å²) in [6, 6.07) is 1.40. The summed E-state index contributed by atoms with van der Waals surface area (Å²) in [5.74, 6) is 0.948. The van der Waals surface area contributed by atoms with Crippen molar-refractivity contribution in [2.75, 3.05) is 26.8 Å². The Balaban J connectivity index is 1.99. The smallest absolute Gasteiger partial charge is 0.0477 e. The first-order valence-electron chi connectivity index (χ1n) is 7.59. The number of piperazine rings is 1. The lowest BCUT2D eigenvalue weighted by atomic mass is 9.90. The van der Waals surface area contributed by atoms with Crippen LogP contribution in [-0.4, -0.2) is 49.3 Å². The van der Waals surface area contributed by atoms with Crippen molar-refractivity contribution in [3.8, 4) is 0 Å². The van der Waals surface area contributed by atoms with Gasteiger partial charge in [-0.05, 0) is 45.4 Å². The highest BCUT2D eigenvalue weighted by Gasteiger charge is 2.43. The van der Waals surface area contributed by atoms with Crippen LogP contribution in [0.4, 0.5) is 0 Å². The van der Waals surface area contributed by atoms with Crippen molar-refractivity contribution in [3.63, 3.8) is 0 Å². The van der Waals surface area contributed by atoms with Crippen LogP contribution in [0.2, 0.25) is 0 Å². The van der Waals surface area contributed by atoms with Gasteiger partial charge in [0.05, 0.1) is 0 Å². The van der Waals surface area contributed by atoms with Gasteiger partial charge in [-0.1, -0.05) is 6.92 Å². The first kappa shape index (κ1) is 14.3. The van der Waals surface area contributed by atoms with Crippen molar-refractivity contribution in [2.24, 2.45) is 5.92 Å². The molecule has 0 bridgehead atoms. The summed E-state index contributed by atoms with van der Waals surface area (Å²) in [6.45, 7) is 10.3. The van der Waals surface area contributed by atoms with Gasteiger partial charge < -0.3 is 10.1 Å². The molecule has 2 rings (SSSR count). The summed E-state index contributed by atoms with van der Waals surface area (Å²) in [6.07, 6.45) is 5.22. The van der Waals surface area contributed by atoms with Crippen molar-refractivity contribution < 1.29 is 4.74 Å². The molecular weight excluding hydrogens is 224 g/mol. The number of hydrogen-bond donors (Lipinski definition) is 1. The molecule has 106 valence electrons. The molecule has 2 fully saturated rings. The molecule has 0 aromatic carbocycles. The fraction of sp³-hybridized carbons (Fsp3) is 1.00. The second-order valence-corrected chi connectivity index (χ2v) is 6.50. The van der Waals surface area contributed by atoms with E-state index in [1.165, 1.54) is 32.4 Å². The molecule has 1 saturated heterocycles. The van der Waals surface area contributed by atoms with Gasteiger partial charge in [0.2, 0.25) is 0 Å². The van der Waals surface area contributed by atoms with Crippen LogP contribution in [0.15, 0.2) is 0 Å². The molecular formula is C15H30N2O. The maximum absolute atomic E-state index is 5.25. The topological polar surface area (TPSA) is 24.5 Å². The molecule has 3 nitrogen and oxygen atoms in total.